The second-order valence-corrected chi connectivity index (χ2v) is 14.5. The Morgan fingerprint density at radius 2 is 1.12 bits per heavy atom. The number of anilines is 1. The number of nitrogens with zero attached hydrogens (tertiary/aromatic N) is 2. The Labute approximate surface area is 250 Å². The molecular weight excluding hydrogens is 584 g/mol. The molecule has 0 unspecified atom stereocenters. The van der Waals surface area contributed by atoms with Gasteiger partial charge in [0.1, 0.15) is 0 Å². The van der Waals surface area contributed by atoms with Crippen LogP contribution in [0, 0.1) is 0 Å². The van der Waals surface area contributed by atoms with Crippen LogP contribution in [0.4, 0.5) is 24.5 Å². The molecule has 2 aromatic carbocycles. The summed E-state index contributed by atoms with van der Waals surface area (Å²) in [5.41, 5.74) is 5.41. The maximum atomic E-state index is 12.3. The number of alkyl halides is 3. The first-order valence-electron chi connectivity index (χ1n) is 14.0. The molecule has 1 aliphatic heterocycles. The van der Waals surface area contributed by atoms with Crippen molar-refractivity contribution in [2.24, 2.45) is 0 Å². The smallest absolute Gasteiger partial charge is 0.485 e. The summed E-state index contributed by atoms with van der Waals surface area (Å²) in [4.78, 5) is 12.3. The van der Waals surface area contributed by atoms with Crippen molar-refractivity contribution in [2.45, 2.75) is 105 Å². The molecule has 0 saturated carbocycles. The Balaban J connectivity index is 0.000000675. The lowest BCUT2D eigenvalue weighted by molar-refractivity contribution is -0.274. The van der Waals surface area contributed by atoms with Crippen LogP contribution in [-0.2, 0) is 10.1 Å². The van der Waals surface area contributed by atoms with Gasteiger partial charge in [0, 0.05) is 29.3 Å². The van der Waals surface area contributed by atoms with Crippen molar-refractivity contribution in [1.29, 1.82) is 0 Å². The van der Waals surface area contributed by atoms with Crippen molar-refractivity contribution < 1.29 is 35.4 Å². The van der Waals surface area contributed by atoms with Gasteiger partial charge in [0.2, 0.25) is 5.69 Å². The highest BCUT2D eigenvalue weighted by Crippen LogP contribution is 2.56. The zero-order chi connectivity index (χ0) is 32.5. The van der Waals surface area contributed by atoms with Gasteiger partial charge in [-0.2, -0.15) is 13.2 Å². The molecule has 0 radical (unpaired) electrons. The lowest BCUT2D eigenvalue weighted by atomic mass is 9.92. The molecule has 1 aliphatic rings. The van der Waals surface area contributed by atoms with E-state index in [1.165, 1.54) is 39.2 Å². The summed E-state index contributed by atoms with van der Waals surface area (Å²) in [6, 6.07) is 13.3. The molecule has 1 heterocycles. The molecular formula is C31H44F3N2O4PS. The van der Waals surface area contributed by atoms with E-state index in [0.717, 1.165) is 11.4 Å². The van der Waals surface area contributed by atoms with Crippen LogP contribution in [0.15, 0.2) is 47.7 Å². The lowest BCUT2D eigenvalue weighted by Crippen LogP contribution is -2.32. The maximum Gasteiger partial charge on any atom is 0.485 e. The fourth-order valence-electron chi connectivity index (χ4n) is 4.96. The third-order valence-electron chi connectivity index (χ3n) is 7.47. The fourth-order valence-corrected chi connectivity index (χ4v) is 6.80. The molecule has 0 saturated heterocycles. The van der Waals surface area contributed by atoms with Gasteiger partial charge in [-0.1, -0.05) is 91.8 Å². The van der Waals surface area contributed by atoms with Gasteiger partial charge in [-0.15, -0.1) is 4.35 Å². The number of hydrogen-bond donors (Lipinski definition) is 1. The average Bonchev–Trinajstić information content (AvgIpc) is 2.86. The summed E-state index contributed by atoms with van der Waals surface area (Å²) in [6.07, 6.45) is 0. The van der Waals surface area contributed by atoms with Crippen LogP contribution in [0.5, 0.6) is 0 Å². The van der Waals surface area contributed by atoms with Gasteiger partial charge >= 0.3 is 14.0 Å². The summed E-state index contributed by atoms with van der Waals surface area (Å²) in [5, 5.41) is 0. The van der Waals surface area contributed by atoms with E-state index in [4.69, 9.17) is 13.0 Å². The first-order chi connectivity index (χ1) is 19.1. The van der Waals surface area contributed by atoms with Gasteiger partial charge in [0.05, 0.1) is 5.69 Å². The lowest BCUT2D eigenvalue weighted by Gasteiger charge is -2.35. The molecule has 0 aliphatic carbocycles. The van der Waals surface area contributed by atoms with Crippen molar-refractivity contribution in [3.05, 3.63) is 69.9 Å². The molecule has 1 atom stereocenters. The van der Waals surface area contributed by atoms with Crippen molar-refractivity contribution in [2.75, 3.05) is 4.67 Å². The molecule has 234 valence electrons. The maximum absolute atomic E-state index is 12.3. The van der Waals surface area contributed by atoms with Crippen LogP contribution in [0.3, 0.4) is 0 Å². The molecule has 42 heavy (non-hydrogen) atoms. The molecule has 0 fully saturated rings. The highest BCUT2D eigenvalue weighted by Gasteiger charge is 2.44. The quantitative estimate of drug-likeness (QED) is 0.196. The minimum absolute atomic E-state index is 0.361. The normalized spacial score (nSPS) is 16.7. The number of rotatable bonds is 6. The Morgan fingerprint density at radius 1 is 0.786 bits per heavy atom. The summed E-state index contributed by atoms with van der Waals surface area (Å²) in [5.74, 6) is 1.44. The van der Waals surface area contributed by atoms with Crippen molar-refractivity contribution in [1.82, 2.24) is 0 Å². The summed E-state index contributed by atoms with van der Waals surface area (Å²) in [7, 11) is -7.76. The van der Waals surface area contributed by atoms with Gasteiger partial charge in [-0.3, -0.25) is 0 Å². The molecule has 3 rings (SSSR count). The third kappa shape index (κ3) is 7.44. The Hall–Kier alpha value is -2.26. The molecule has 11 heteroatoms. The molecule has 0 aromatic heterocycles. The van der Waals surface area contributed by atoms with Crippen LogP contribution >= 0.6 is 8.45 Å². The average molecular weight is 629 g/mol. The largest absolute Gasteiger partial charge is 0.741 e. The summed E-state index contributed by atoms with van der Waals surface area (Å²) < 4.78 is 63.4. The zero-order valence-electron chi connectivity index (χ0n) is 26.3. The predicted molar refractivity (Wildman–Crippen MR) is 166 cm³/mol. The van der Waals surface area contributed by atoms with Crippen LogP contribution in [0.25, 0.3) is 0 Å². The van der Waals surface area contributed by atoms with Gasteiger partial charge in [0.25, 0.3) is 0 Å². The second-order valence-electron chi connectivity index (χ2n) is 11.8. The molecule has 2 aromatic rings. The standard InChI is InChI=1S/C30H44N2OP.CHF3O3S/c1-18(2)25-14-12-15-26(19(3)4)29(25)31-23(10)22(9)24(11)32(34(31)33)30-27(20(5)6)16-13-17-28(30)21(7)8;2-1(3,4)8(5,6)7/h12-21,33H,1-11H3;(H,5,6,7)/q+1;/p-1. The van der Waals surface area contributed by atoms with E-state index in [1.54, 1.807) is 0 Å². The van der Waals surface area contributed by atoms with E-state index >= 15 is 0 Å². The minimum atomic E-state index is -6.09. The molecule has 6 nitrogen and oxygen atoms in total. The SMILES string of the molecule is CC1=C(C)N(c2c(C(C)C)cccc2C(C)C)[P@@](O)[N+](c2c(C(C)C)cccc2C(C)C)=C1C.O=S(=O)([O-])C(F)(F)F. The highest BCUT2D eigenvalue weighted by atomic mass is 32.2. The highest BCUT2D eigenvalue weighted by molar-refractivity contribution is 7.86. The van der Waals surface area contributed by atoms with E-state index in [9.17, 15) is 18.1 Å². The number of hydrogen-bond acceptors (Lipinski definition) is 5. The molecule has 0 spiro atoms. The molecule has 1 N–H and O–H groups in total. The predicted octanol–water partition coefficient (Wildman–Crippen LogP) is 9.37. The number of halogens is 3. The molecule has 0 bridgehead atoms. The number of para-hydroxylation sites is 2. The van der Waals surface area contributed by atoms with Crippen molar-refractivity contribution in [3.63, 3.8) is 0 Å². The Morgan fingerprint density at radius 3 is 1.43 bits per heavy atom. The van der Waals surface area contributed by atoms with Crippen LogP contribution in [-0.4, -0.2) is 33.4 Å². The van der Waals surface area contributed by atoms with Crippen LogP contribution < -0.4 is 4.67 Å². The van der Waals surface area contributed by atoms with Crippen molar-refractivity contribution >= 4 is 35.7 Å². The summed E-state index contributed by atoms with van der Waals surface area (Å²) >= 11 is 0. The van der Waals surface area contributed by atoms with Crippen LogP contribution in [0.2, 0.25) is 0 Å². The number of allylic oxidation sites excluding steroid dienone is 2. The van der Waals surface area contributed by atoms with Crippen LogP contribution in [0.1, 0.15) is 122 Å². The monoisotopic (exact) mass is 628 g/mol. The topological polar surface area (TPSA) is 83.7 Å². The van der Waals surface area contributed by atoms with Crippen molar-refractivity contribution in [3.8, 4) is 0 Å². The van der Waals surface area contributed by atoms with E-state index < -0.39 is 24.1 Å². The minimum Gasteiger partial charge on any atom is -0.741 e. The summed E-state index contributed by atoms with van der Waals surface area (Å²) in [6.45, 7) is 24.5. The fraction of sp³-hybridized carbons (Fsp3) is 0.516. The van der Waals surface area contributed by atoms with E-state index in [2.05, 4.69) is 122 Å². The third-order valence-corrected chi connectivity index (χ3v) is 9.75. The Kier molecular flexibility index (Phi) is 11.6. The van der Waals surface area contributed by atoms with E-state index in [0.29, 0.717) is 23.7 Å². The van der Waals surface area contributed by atoms with Gasteiger partial charge in [0.15, 0.2) is 15.8 Å². The second kappa shape index (κ2) is 13.6. The first kappa shape index (κ1) is 35.9. The Bertz CT molecular complexity index is 1410. The van der Waals surface area contributed by atoms with Gasteiger partial charge < -0.3 is 9.45 Å². The zero-order valence-corrected chi connectivity index (χ0v) is 28.0. The van der Waals surface area contributed by atoms with Gasteiger partial charge in [-0.05, 0) is 48.6 Å². The number of benzene rings is 2. The van der Waals surface area contributed by atoms with E-state index in [1.807, 2.05) is 0 Å². The first-order valence-corrected chi connectivity index (χ1v) is 16.6. The van der Waals surface area contributed by atoms with E-state index in [-0.39, 0.29) is 0 Å². The van der Waals surface area contributed by atoms with Gasteiger partial charge in [-0.25, -0.2) is 13.1 Å². The molecule has 0 amide bonds.